The standard InChI is InChI=1S/C18H15NO/c1-12-8-9-15-17(10-12)20-13(2)16(11-19)18(15)14-6-4-3-5-7-14/h3-10,18H,1-2H3. The summed E-state index contributed by atoms with van der Waals surface area (Å²) >= 11 is 0. The molecule has 0 aliphatic carbocycles. The number of nitriles is 1. The lowest BCUT2D eigenvalue weighted by Gasteiger charge is -2.27. The Hall–Kier alpha value is -2.53. The van der Waals surface area contributed by atoms with Gasteiger partial charge in [0, 0.05) is 5.56 Å². The van der Waals surface area contributed by atoms with Crippen molar-refractivity contribution in [1.82, 2.24) is 0 Å². The van der Waals surface area contributed by atoms with E-state index in [1.807, 2.05) is 38.1 Å². The lowest BCUT2D eigenvalue weighted by Crippen LogP contribution is -2.15. The van der Waals surface area contributed by atoms with Crippen molar-refractivity contribution in [3.63, 3.8) is 0 Å². The van der Waals surface area contributed by atoms with E-state index in [0.717, 1.165) is 22.4 Å². The molecule has 1 atom stereocenters. The third kappa shape index (κ3) is 1.98. The summed E-state index contributed by atoms with van der Waals surface area (Å²) in [4.78, 5) is 0. The Morgan fingerprint density at radius 3 is 2.50 bits per heavy atom. The third-order valence-corrected chi connectivity index (χ3v) is 3.66. The minimum Gasteiger partial charge on any atom is -0.461 e. The molecule has 3 rings (SSSR count). The maximum absolute atomic E-state index is 9.49. The molecule has 0 aromatic heterocycles. The second kappa shape index (κ2) is 4.86. The number of aryl methyl sites for hydroxylation is 1. The van der Waals surface area contributed by atoms with Crippen molar-refractivity contribution < 1.29 is 4.74 Å². The normalized spacial score (nSPS) is 17.1. The van der Waals surface area contributed by atoms with Gasteiger partial charge in [-0.2, -0.15) is 5.26 Å². The zero-order valence-electron chi connectivity index (χ0n) is 11.6. The topological polar surface area (TPSA) is 33.0 Å². The monoisotopic (exact) mass is 261 g/mol. The van der Waals surface area contributed by atoms with Crippen LogP contribution in [0.2, 0.25) is 0 Å². The van der Waals surface area contributed by atoms with E-state index in [1.54, 1.807) is 0 Å². The molecule has 1 aliphatic rings. The highest BCUT2D eigenvalue weighted by molar-refractivity contribution is 5.56. The van der Waals surface area contributed by atoms with Gasteiger partial charge in [-0.05, 0) is 31.0 Å². The second-order valence-corrected chi connectivity index (χ2v) is 5.07. The summed E-state index contributed by atoms with van der Waals surface area (Å²) in [6.07, 6.45) is 0. The highest BCUT2D eigenvalue weighted by atomic mass is 16.5. The first-order chi connectivity index (χ1) is 9.70. The van der Waals surface area contributed by atoms with Crippen LogP contribution in [0.3, 0.4) is 0 Å². The molecule has 1 heterocycles. The van der Waals surface area contributed by atoms with Crippen LogP contribution in [0.1, 0.15) is 29.5 Å². The highest BCUT2D eigenvalue weighted by Crippen LogP contribution is 2.42. The summed E-state index contributed by atoms with van der Waals surface area (Å²) in [6, 6.07) is 18.6. The maximum Gasteiger partial charge on any atom is 0.131 e. The largest absolute Gasteiger partial charge is 0.461 e. The fraction of sp³-hybridized carbons (Fsp3) is 0.167. The van der Waals surface area contributed by atoms with Gasteiger partial charge in [-0.25, -0.2) is 0 Å². The second-order valence-electron chi connectivity index (χ2n) is 5.07. The van der Waals surface area contributed by atoms with Gasteiger partial charge in [0.05, 0.1) is 17.6 Å². The maximum atomic E-state index is 9.49. The Morgan fingerprint density at radius 1 is 1.05 bits per heavy atom. The molecule has 2 aromatic carbocycles. The summed E-state index contributed by atoms with van der Waals surface area (Å²) in [5, 5.41) is 9.49. The molecule has 0 amide bonds. The van der Waals surface area contributed by atoms with Gasteiger partial charge in [0.15, 0.2) is 0 Å². The molecular weight excluding hydrogens is 246 g/mol. The Kier molecular flexibility index (Phi) is 3.04. The van der Waals surface area contributed by atoms with Crippen molar-refractivity contribution in [1.29, 1.82) is 5.26 Å². The molecule has 0 bridgehead atoms. The lowest BCUT2D eigenvalue weighted by molar-refractivity contribution is 0.401. The number of benzene rings is 2. The predicted octanol–water partition coefficient (Wildman–Crippen LogP) is 4.32. The number of hydrogen-bond acceptors (Lipinski definition) is 2. The molecule has 2 aromatic rings. The SMILES string of the molecule is CC1=C(C#N)C(c2ccccc2)c2ccc(C)cc2O1. The Balaban J connectivity index is 2.23. The average molecular weight is 261 g/mol. The molecule has 0 radical (unpaired) electrons. The van der Waals surface area contributed by atoms with Crippen LogP contribution < -0.4 is 4.74 Å². The van der Waals surface area contributed by atoms with E-state index in [1.165, 1.54) is 0 Å². The Labute approximate surface area is 118 Å². The zero-order valence-corrected chi connectivity index (χ0v) is 11.6. The lowest BCUT2D eigenvalue weighted by atomic mass is 9.82. The first kappa shape index (κ1) is 12.5. The van der Waals surface area contributed by atoms with Crippen molar-refractivity contribution in [2.75, 3.05) is 0 Å². The average Bonchev–Trinajstić information content (AvgIpc) is 2.46. The van der Waals surface area contributed by atoms with E-state index in [4.69, 9.17) is 4.74 Å². The molecule has 0 fully saturated rings. The molecule has 2 nitrogen and oxygen atoms in total. The molecule has 0 saturated carbocycles. The van der Waals surface area contributed by atoms with Crippen molar-refractivity contribution >= 4 is 0 Å². The molecule has 98 valence electrons. The van der Waals surface area contributed by atoms with Gasteiger partial charge in [-0.15, -0.1) is 0 Å². The van der Waals surface area contributed by atoms with Gasteiger partial charge in [-0.1, -0.05) is 42.5 Å². The van der Waals surface area contributed by atoms with Crippen LogP contribution in [0.5, 0.6) is 5.75 Å². The van der Waals surface area contributed by atoms with E-state index >= 15 is 0 Å². The summed E-state index contributed by atoms with van der Waals surface area (Å²) in [5.41, 5.74) is 4.03. The van der Waals surface area contributed by atoms with Gasteiger partial charge >= 0.3 is 0 Å². The highest BCUT2D eigenvalue weighted by Gasteiger charge is 2.29. The van der Waals surface area contributed by atoms with Gasteiger partial charge in [0.2, 0.25) is 0 Å². The van der Waals surface area contributed by atoms with Crippen LogP contribution in [-0.4, -0.2) is 0 Å². The number of hydrogen-bond donors (Lipinski definition) is 0. The summed E-state index contributed by atoms with van der Waals surface area (Å²) < 4.78 is 5.82. The Morgan fingerprint density at radius 2 is 1.80 bits per heavy atom. The quantitative estimate of drug-likeness (QED) is 0.766. The van der Waals surface area contributed by atoms with E-state index in [9.17, 15) is 5.26 Å². The Bertz CT molecular complexity index is 723. The van der Waals surface area contributed by atoms with Crippen LogP contribution >= 0.6 is 0 Å². The molecule has 2 heteroatoms. The molecule has 1 aliphatic heterocycles. The van der Waals surface area contributed by atoms with Crippen LogP contribution in [0.15, 0.2) is 59.9 Å². The van der Waals surface area contributed by atoms with Gasteiger partial charge in [0.1, 0.15) is 11.5 Å². The van der Waals surface area contributed by atoms with E-state index in [0.29, 0.717) is 11.3 Å². The first-order valence-electron chi connectivity index (χ1n) is 6.65. The molecule has 0 spiro atoms. The van der Waals surface area contributed by atoms with Crippen molar-refractivity contribution in [3.05, 3.63) is 76.6 Å². The van der Waals surface area contributed by atoms with Crippen molar-refractivity contribution in [2.45, 2.75) is 19.8 Å². The summed E-state index contributed by atoms with van der Waals surface area (Å²) in [7, 11) is 0. The smallest absolute Gasteiger partial charge is 0.131 e. The van der Waals surface area contributed by atoms with Crippen LogP contribution in [0.4, 0.5) is 0 Å². The minimum absolute atomic E-state index is 0.0365. The fourth-order valence-electron chi connectivity index (χ4n) is 2.68. The molecular formula is C18H15NO. The van der Waals surface area contributed by atoms with Crippen LogP contribution in [-0.2, 0) is 0 Å². The molecule has 0 saturated heterocycles. The number of allylic oxidation sites excluding steroid dienone is 2. The van der Waals surface area contributed by atoms with Crippen LogP contribution in [0, 0.1) is 18.3 Å². The molecule has 20 heavy (non-hydrogen) atoms. The molecule has 1 unspecified atom stereocenters. The number of nitrogens with zero attached hydrogens (tertiary/aromatic N) is 1. The number of fused-ring (bicyclic) bond motifs is 1. The zero-order chi connectivity index (χ0) is 14.1. The van der Waals surface area contributed by atoms with E-state index in [2.05, 4.69) is 30.3 Å². The van der Waals surface area contributed by atoms with Gasteiger partial charge in [-0.3, -0.25) is 0 Å². The number of ether oxygens (including phenoxy) is 1. The third-order valence-electron chi connectivity index (χ3n) is 3.66. The molecule has 0 N–H and O–H groups in total. The van der Waals surface area contributed by atoms with E-state index in [-0.39, 0.29) is 5.92 Å². The summed E-state index contributed by atoms with van der Waals surface area (Å²) in [6.45, 7) is 3.90. The summed E-state index contributed by atoms with van der Waals surface area (Å²) in [5.74, 6) is 1.51. The fourth-order valence-corrected chi connectivity index (χ4v) is 2.68. The number of rotatable bonds is 1. The minimum atomic E-state index is -0.0365. The van der Waals surface area contributed by atoms with Crippen LogP contribution in [0.25, 0.3) is 0 Å². The van der Waals surface area contributed by atoms with Crippen molar-refractivity contribution in [2.24, 2.45) is 0 Å². The van der Waals surface area contributed by atoms with Gasteiger partial charge < -0.3 is 4.74 Å². The first-order valence-corrected chi connectivity index (χ1v) is 6.65. The van der Waals surface area contributed by atoms with E-state index < -0.39 is 0 Å². The van der Waals surface area contributed by atoms with Gasteiger partial charge in [0.25, 0.3) is 0 Å². The predicted molar refractivity (Wildman–Crippen MR) is 78.4 cm³/mol. The van der Waals surface area contributed by atoms with Crippen molar-refractivity contribution in [3.8, 4) is 11.8 Å².